The second kappa shape index (κ2) is 16.2. The SMILES string of the molecule is CC[C@H](C)[C@@H](NC(=O)CNC(=O)[C@@H](Cc1c[nH]c2ccccc12)NC(=O)[C@@H](C)NC(=O)CCc1c(C)c2cc3c(C)c(C)oc3cc2oc1=O)C(=O)O. The highest BCUT2D eigenvalue weighted by Crippen LogP contribution is 2.31. The van der Waals surface area contributed by atoms with Crippen molar-refractivity contribution >= 4 is 62.4 Å². The van der Waals surface area contributed by atoms with Crippen LogP contribution in [0.25, 0.3) is 32.8 Å². The molecule has 280 valence electrons. The highest BCUT2D eigenvalue weighted by atomic mass is 16.4. The number of furan rings is 1. The van der Waals surface area contributed by atoms with Crippen molar-refractivity contribution in [3.8, 4) is 0 Å². The van der Waals surface area contributed by atoms with E-state index in [-0.39, 0.29) is 25.2 Å². The average molecular weight is 728 g/mol. The number of amides is 4. The van der Waals surface area contributed by atoms with Crippen LogP contribution in [0.4, 0.5) is 0 Å². The molecule has 0 aliphatic carbocycles. The van der Waals surface area contributed by atoms with Gasteiger partial charge in [0, 0.05) is 52.3 Å². The van der Waals surface area contributed by atoms with E-state index in [0.29, 0.717) is 28.7 Å². The van der Waals surface area contributed by atoms with Gasteiger partial charge in [0.15, 0.2) is 0 Å². The molecule has 0 unspecified atom stereocenters. The number of para-hydroxylation sites is 1. The monoisotopic (exact) mass is 727 g/mol. The first-order chi connectivity index (χ1) is 25.2. The quantitative estimate of drug-likeness (QED) is 0.0864. The molecule has 0 saturated carbocycles. The Labute approximate surface area is 305 Å². The van der Waals surface area contributed by atoms with Crippen molar-refractivity contribution in [3.05, 3.63) is 81.0 Å². The number of aromatic nitrogens is 1. The lowest BCUT2D eigenvalue weighted by Crippen LogP contribution is -2.55. The lowest BCUT2D eigenvalue weighted by molar-refractivity contribution is -0.143. The normalized spacial score (nSPS) is 13.7. The molecule has 5 aromatic rings. The number of rotatable bonds is 15. The predicted octanol–water partition coefficient (Wildman–Crippen LogP) is 3.84. The van der Waals surface area contributed by atoms with Crippen molar-refractivity contribution < 1.29 is 37.9 Å². The van der Waals surface area contributed by atoms with Crippen molar-refractivity contribution in [2.45, 2.75) is 85.4 Å². The zero-order valence-electron chi connectivity index (χ0n) is 30.6. The third kappa shape index (κ3) is 8.59. The number of aliphatic carboxylic acids is 1. The van der Waals surface area contributed by atoms with Gasteiger partial charge in [-0.1, -0.05) is 38.5 Å². The molecule has 2 aromatic carbocycles. The Hall–Kier alpha value is -5.92. The molecule has 0 aliphatic heterocycles. The van der Waals surface area contributed by atoms with Gasteiger partial charge in [-0.2, -0.15) is 0 Å². The summed E-state index contributed by atoms with van der Waals surface area (Å²) in [4.78, 5) is 80.2. The molecule has 6 N–H and O–H groups in total. The Balaban J connectivity index is 1.24. The Morgan fingerprint density at radius 3 is 2.26 bits per heavy atom. The lowest BCUT2D eigenvalue weighted by Gasteiger charge is -2.22. The molecule has 4 amide bonds. The van der Waals surface area contributed by atoms with E-state index in [0.717, 1.165) is 38.6 Å². The molecule has 14 nitrogen and oxygen atoms in total. The molecular weight excluding hydrogens is 682 g/mol. The van der Waals surface area contributed by atoms with Crippen LogP contribution in [-0.2, 0) is 36.8 Å². The van der Waals surface area contributed by atoms with Crippen LogP contribution in [0.3, 0.4) is 0 Å². The van der Waals surface area contributed by atoms with E-state index >= 15 is 0 Å². The van der Waals surface area contributed by atoms with Crippen LogP contribution in [-0.4, -0.2) is 64.4 Å². The standard InChI is InChI=1S/C39H45N5O9/c1-7-19(2)35(38(49)50)44-34(46)18-41-37(48)30(14-24-17-40-29-11-9-8-10-26(24)29)43-36(47)22(5)42-33(45)13-12-25-21(4)28-15-27-20(3)23(6)52-31(27)16-32(28)53-39(25)51/h8-11,15-17,19,22,30,35,40H,7,12-14,18H2,1-6H3,(H,41,48)(H,42,45)(H,43,47)(H,44,46)(H,49,50)/t19-,22+,30+,35+/m0/s1. The summed E-state index contributed by atoms with van der Waals surface area (Å²) in [6, 6.07) is 7.70. The van der Waals surface area contributed by atoms with Gasteiger partial charge < -0.3 is 40.2 Å². The van der Waals surface area contributed by atoms with Crippen LogP contribution in [0.5, 0.6) is 0 Å². The summed E-state index contributed by atoms with van der Waals surface area (Å²) < 4.78 is 11.4. The van der Waals surface area contributed by atoms with Gasteiger partial charge in [0.1, 0.15) is 35.1 Å². The van der Waals surface area contributed by atoms with Crippen molar-refractivity contribution in [3.63, 3.8) is 0 Å². The van der Waals surface area contributed by atoms with Crippen LogP contribution in [0.15, 0.2) is 56.2 Å². The number of hydrogen-bond donors (Lipinski definition) is 6. The van der Waals surface area contributed by atoms with Crippen molar-refractivity contribution in [2.24, 2.45) is 5.92 Å². The fourth-order valence-corrected chi connectivity index (χ4v) is 6.36. The fourth-order valence-electron chi connectivity index (χ4n) is 6.36. The number of benzene rings is 2. The van der Waals surface area contributed by atoms with Crippen LogP contribution in [0.2, 0.25) is 0 Å². The summed E-state index contributed by atoms with van der Waals surface area (Å²) in [5.74, 6) is -3.27. The highest BCUT2D eigenvalue weighted by Gasteiger charge is 2.28. The van der Waals surface area contributed by atoms with Crippen LogP contribution in [0, 0.1) is 26.7 Å². The first-order valence-electron chi connectivity index (χ1n) is 17.6. The maximum Gasteiger partial charge on any atom is 0.339 e. The zero-order chi connectivity index (χ0) is 38.6. The molecule has 5 rings (SSSR count). The number of H-pyrrole nitrogens is 1. The molecule has 4 atom stereocenters. The number of aryl methyl sites for hydroxylation is 3. The molecule has 0 bridgehead atoms. The molecule has 53 heavy (non-hydrogen) atoms. The maximum atomic E-state index is 13.4. The second-order valence-electron chi connectivity index (χ2n) is 13.5. The summed E-state index contributed by atoms with van der Waals surface area (Å²) in [6.45, 7) is 10.1. The minimum Gasteiger partial charge on any atom is -0.480 e. The van der Waals surface area contributed by atoms with E-state index in [1.54, 1.807) is 33.0 Å². The molecule has 0 fully saturated rings. The van der Waals surface area contributed by atoms with Gasteiger partial charge in [0.2, 0.25) is 23.6 Å². The summed E-state index contributed by atoms with van der Waals surface area (Å²) in [6.07, 6.45) is 2.26. The Morgan fingerprint density at radius 1 is 0.849 bits per heavy atom. The summed E-state index contributed by atoms with van der Waals surface area (Å²) in [5.41, 5.74) is 4.02. The molecule has 3 aromatic heterocycles. The summed E-state index contributed by atoms with van der Waals surface area (Å²) >= 11 is 0. The Kier molecular flexibility index (Phi) is 11.7. The molecule has 0 saturated heterocycles. The number of carbonyl (C=O) groups is 5. The van der Waals surface area contributed by atoms with Crippen molar-refractivity contribution in [1.29, 1.82) is 0 Å². The van der Waals surface area contributed by atoms with Gasteiger partial charge in [-0.15, -0.1) is 0 Å². The molecule has 3 heterocycles. The van der Waals surface area contributed by atoms with Gasteiger partial charge in [0.05, 0.1) is 6.54 Å². The Bertz CT molecular complexity index is 2270. The van der Waals surface area contributed by atoms with E-state index < -0.39 is 59.9 Å². The largest absolute Gasteiger partial charge is 0.480 e. The minimum atomic E-state index is -1.18. The average Bonchev–Trinajstić information content (AvgIpc) is 3.66. The Morgan fingerprint density at radius 2 is 1.55 bits per heavy atom. The predicted molar refractivity (Wildman–Crippen MR) is 198 cm³/mol. The van der Waals surface area contributed by atoms with Gasteiger partial charge >= 0.3 is 11.6 Å². The van der Waals surface area contributed by atoms with Gasteiger partial charge in [0.25, 0.3) is 0 Å². The molecule has 0 radical (unpaired) electrons. The highest BCUT2D eigenvalue weighted by molar-refractivity contribution is 5.97. The summed E-state index contributed by atoms with van der Waals surface area (Å²) in [5, 5.41) is 22.3. The molecule has 0 aliphatic rings. The number of carboxylic acids is 1. The third-order valence-electron chi connectivity index (χ3n) is 9.91. The van der Waals surface area contributed by atoms with Gasteiger partial charge in [-0.3, -0.25) is 19.2 Å². The second-order valence-corrected chi connectivity index (χ2v) is 13.5. The van der Waals surface area contributed by atoms with E-state index in [1.807, 2.05) is 44.2 Å². The molecule has 14 heteroatoms. The smallest absolute Gasteiger partial charge is 0.339 e. The molecular formula is C39H45N5O9. The van der Waals surface area contributed by atoms with E-state index in [1.165, 1.54) is 6.92 Å². The fraction of sp³-hybridized carbons (Fsp3) is 0.385. The van der Waals surface area contributed by atoms with E-state index in [4.69, 9.17) is 8.83 Å². The maximum absolute atomic E-state index is 13.4. The number of carbonyl (C=O) groups excluding carboxylic acids is 4. The number of carboxylic acid groups (broad SMARTS) is 1. The topological polar surface area (TPSA) is 213 Å². The number of hydrogen-bond acceptors (Lipinski definition) is 8. The van der Waals surface area contributed by atoms with Crippen molar-refractivity contribution in [1.82, 2.24) is 26.3 Å². The van der Waals surface area contributed by atoms with E-state index in [9.17, 15) is 33.9 Å². The summed E-state index contributed by atoms with van der Waals surface area (Å²) in [7, 11) is 0. The van der Waals surface area contributed by atoms with Crippen LogP contribution < -0.4 is 26.9 Å². The number of nitrogens with one attached hydrogen (secondary N) is 5. The van der Waals surface area contributed by atoms with Crippen LogP contribution >= 0.6 is 0 Å². The number of aromatic amines is 1. The number of fused-ring (bicyclic) bond motifs is 3. The lowest BCUT2D eigenvalue weighted by atomic mass is 9.99. The first kappa shape index (κ1) is 38.3. The molecule has 0 spiro atoms. The van der Waals surface area contributed by atoms with Crippen LogP contribution in [0.1, 0.15) is 61.6 Å². The van der Waals surface area contributed by atoms with E-state index in [2.05, 4.69) is 26.3 Å². The van der Waals surface area contributed by atoms with Gasteiger partial charge in [-0.25, -0.2) is 9.59 Å². The first-order valence-corrected chi connectivity index (χ1v) is 17.6. The third-order valence-corrected chi connectivity index (χ3v) is 9.91. The van der Waals surface area contributed by atoms with Crippen molar-refractivity contribution in [2.75, 3.05) is 6.54 Å². The minimum absolute atomic E-state index is 0.0513. The zero-order valence-corrected chi connectivity index (χ0v) is 30.6. The van der Waals surface area contributed by atoms with Gasteiger partial charge in [-0.05, 0) is 68.9 Å².